The van der Waals surface area contributed by atoms with E-state index in [0.29, 0.717) is 18.2 Å². The van der Waals surface area contributed by atoms with Crippen molar-refractivity contribution in [3.8, 4) is 0 Å². The highest BCUT2D eigenvalue weighted by molar-refractivity contribution is 5.76. The lowest BCUT2D eigenvalue weighted by molar-refractivity contribution is -0.130. The van der Waals surface area contributed by atoms with E-state index in [1.54, 1.807) is 6.20 Å². The van der Waals surface area contributed by atoms with Crippen molar-refractivity contribution < 1.29 is 4.79 Å². The van der Waals surface area contributed by atoms with Gasteiger partial charge >= 0.3 is 0 Å². The van der Waals surface area contributed by atoms with Gasteiger partial charge in [-0.2, -0.15) is 0 Å². The number of rotatable bonds is 6. The average molecular weight is 379 g/mol. The van der Waals surface area contributed by atoms with Gasteiger partial charge in [-0.1, -0.05) is 12.1 Å². The molecule has 2 aliphatic heterocycles. The molecule has 0 saturated carbocycles. The molecule has 0 radical (unpaired) electrons. The zero-order valence-electron chi connectivity index (χ0n) is 16.5. The van der Waals surface area contributed by atoms with Crippen molar-refractivity contribution in [3.05, 3.63) is 60.2 Å². The molecule has 0 N–H and O–H groups in total. The summed E-state index contributed by atoms with van der Waals surface area (Å²) < 4.78 is 0. The number of amides is 1. The monoisotopic (exact) mass is 378 g/mol. The number of likely N-dealkylation sites (tertiary alicyclic amines) is 2. The van der Waals surface area contributed by atoms with Crippen LogP contribution in [-0.4, -0.2) is 51.9 Å². The van der Waals surface area contributed by atoms with E-state index in [1.165, 1.54) is 24.8 Å². The van der Waals surface area contributed by atoms with E-state index in [4.69, 9.17) is 0 Å². The molecule has 0 spiro atoms. The Hall–Kier alpha value is -2.27. The van der Waals surface area contributed by atoms with Gasteiger partial charge in [-0.3, -0.25) is 19.7 Å². The summed E-state index contributed by atoms with van der Waals surface area (Å²) in [4.78, 5) is 25.6. The Morgan fingerprint density at radius 2 is 1.61 bits per heavy atom. The van der Waals surface area contributed by atoms with Crippen LogP contribution in [0.3, 0.4) is 0 Å². The van der Waals surface area contributed by atoms with Crippen molar-refractivity contribution in [2.45, 2.75) is 38.6 Å². The fourth-order valence-electron chi connectivity index (χ4n) is 4.69. The minimum atomic E-state index is 0.306. The Morgan fingerprint density at radius 3 is 2.29 bits per heavy atom. The fourth-order valence-corrected chi connectivity index (χ4v) is 4.69. The molecule has 2 aromatic heterocycles. The largest absolute Gasteiger partial charge is 0.342 e. The number of aromatic nitrogens is 2. The minimum absolute atomic E-state index is 0.306. The van der Waals surface area contributed by atoms with Gasteiger partial charge in [0.15, 0.2) is 0 Å². The van der Waals surface area contributed by atoms with Gasteiger partial charge in [-0.25, -0.2) is 0 Å². The molecule has 0 aliphatic carbocycles. The molecule has 0 bridgehead atoms. The predicted octanol–water partition coefficient (Wildman–Crippen LogP) is 3.17. The summed E-state index contributed by atoms with van der Waals surface area (Å²) in [6.45, 7) is 5.21. The van der Waals surface area contributed by atoms with Gasteiger partial charge in [-0.15, -0.1) is 0 Å². The summed E-state index contributed by atoms with van der Waals surface area (Å²) >= 11 is 0. The molecule has 2 aromatic rings. The van der Waals surface area contributed by atoms with Crippen LogP contribution in [0.25, 0.3) is 0 Å². The maximum Gasteiger partial charge on any atom is 0.222 e. The van der Waals surface area contributed by atoms with E-state index in [1.807, 2.05) is 36.8 Å². The molecule has 1 atom stereocenters. The number of piperidine rings is 1. The maximum atomic E-state index is 12.6. The van der Waals surface area contributed by atoms with E-state index >= 15 is 0 Å². The van der Waals surface area contributed by atoms with Crippen LogP contribution in [0.5, 0.6) is 0 Å². The third kappa shape index (κ3) is 4.96. The molecule has 1 unspecified atom stereocenters. The topological polar surface area (TPSA) is 49.3 Å². The first-order valence-electron chi connectivity index (χ1n) is 10.6. The first kappa shape index (κ1) is 19.1. The lowest BCUT2D eigenvalue weighted by atomic mass is 9.83. The summed E-state index contributed by atoms with van der Waals surface area (Å²) in [5, 5.41) is 0. The molecule has 4 heterocycles. The summed E-state index contributed by atoms with van der Waals surface area (Å²) in [5.74, 6) is 1.75. The van der Waals surface area contributed by atoms with Crippen molar-refractivity contribution in [3.63, 3.8) is 0 Å². The summed E-state index contributed by atoms with van der Waals surface area (Å²) in [7, 11) is 0. The fraction of sp³-hybridized carbons (Fsp3) is 0.522. The molecule has 2 saturated heterocycles. The minimum Gasteiger partial charge on any atom is -0.342 e. The lowest BCUT2D eigenvalue weighted by Crippen LogP contribution is -2.37. The number of aryl methyl sites for hydroxylation is 1. The van der Waals surface area contributed by atoms with Crippen LogP contribution < -0.4 is 0 Å². The van der Waals surface area contributed by atoms with Gasteiger partial charge in [0, 0.05) is 50.8 Å². The third-order valence-corrected chi connectivity index (χ3v) is 6.36. The van der Waals surface area contributed by atoms with Crippen molar-refractivity contribution in [2.24, 2.45) is 11.8 Å². The normalized spacial score (nSPS) is 21.1. The molecule has 5 heteroatoms. The van der Waals surface area contributed by atoms with Gasteiger partial charge in [0.05, 0.1) is 0 Å². The smallest absolute Gasteiger partial charge is 0.222 e. The van der Waals surface area contributed by atoms with E-state index in [0.717, 1.165) is 50.6 Å². The van der Waals surface area contributed by atoms with E-state index in [9.17, 15) is 4.79 Å². The first-order chi connectivity index (χ1) is 13.8. The number of hydrogen-bond donors (Lipinski definition) is 0. The van der Waals surface area contributed by atoms with Crippen LogP contribution in [0.15, 0.2) is 49.1 Å². The molecule has 2 fully saturated rings. The van der Waals surface area contributed by atoms with E-state index in [-0.39, 0.29) is 0 Å². The van der Waals surface area contributed by atoms with Crippen molar-refractivity contribution in [1.29, 1.82) is 0 Å². The zero-order chi connectivity index (χ0) is 19.2. The standard InChI is InChI=1S/C23H30N4O/c28-23(6-5-19-3-1-10-24-15-19)27-14-9-22(18-27)21-7-12-26(13-8-21)17-20-4-2-11-25-16-20/h1-4,10-11,15-16,21-22H,5-9,12-14,17-18H2. The lowest BCUT2D eigenvalue weighted by Gasteiger charge is -2.34. The Balaban J connectivity index is 1.20. The number of pyridine rings is 2. The highest BCUT2D eigenvalue weighted by Crippen LogP contribution is 2.32. The Bertz CT molecular complexity index is 744. The van der Waals surface area contributed by atoms with Gasteiger partial charge in [0.25, 0.3) is 0 Å². The summed E-state index contributed by atoms with van der Waals surface area (Å²) in [5.41, 5.74) is 2.44. The van der Waals surface area contributed by atoms with E-state index < -0.39 is 0 Å². The highest BCUT2D eigenvalue weighted by atomic mass is 16.2. The average Bonchev–Trinajstić information content (AvgIpc) is 3.24. The number of carbonyl (C=O) groups is 1. The number of nitrogens with zero attached hydrogens (tertiary/aromatic N) is 4. The van der Waals surface area contributed by atoms with Gasteiger partial charge in [-0.05, 0) is 73.9 Å². The van der Waals surface area contributed by atoms with Crippen LogP contribution in [0, 0.1) is 11.8 Å². The predicted molar refractivity (Wildman–Crippen MR) is 109 cm³/mol. The second-order valence-corrected chi connectivity index (χ2v) is 8.22. The maximum absolute atomic E-state index is 12.6. The molecular weight excluding hydrogens is 348 g/mol. The summed E-state index contributed by atoms with van der Waals surface area (Å²) in [6.07, 6.45) is 12.5. The molecule has 1 amide bonds. The second-order valence-electron chi connectivity index (χ2n) is 8.22. The van der Waals surface area contributed by atoms with Gasteiger partial charge in [0.2, 0.25) is 5.91 Å². The number of hydrogen-bond acceptors (Lipinski definition) is 4. The first-order valence-corrected chi connectivity index (χ1v) is 10.6. The molecule has 2 aliphatic rings. The highest BCUT2D eigenvalue weighted by Gasteiger charge is 2.33. The molecule has 148 valence electrons. The Kier molecular flexibility index (Phi) is 6.32. The number of carbonyl (C=O) groups excluding carboxylic acids is 1. The van der Waals surface area contributed by atoms with Crippen LogP contribution in [0.1, 0.15) is 36.8 Å². The molecule has 0 aromatic carbocycles. The van der Waals surface area contributed by atoms with Crippen molar-refractivity contribution >= 4 is 5.91 Å². The second kappa shape index (κ2) is 9.28. The van der Waals surface area contributed by atoms with Crippen LogP contribution in [0.2, 0.25) is 0 Å². The van der Waals surface area contributed by atoms with Gasteiger partial charge < -0.3 is 4.90 Å². The molecular formula is C23H30N4O. The van der Waals surface area contributed by atoms with Crippen LogP contribution in [0.4, 0.5) is 0 Å². The van der Waals surface area contributed by atoms with Crippen molar-refractivity contribution in [1.82, 2.24) is 19.8 Å². The zero-order valence-corrected chi connectivity index (χ0v) is 16.5. The SMILES string of the molecule is O=C(CCc1cccnc1)N1CCC(C2CCN(Cc3cccnc3)CC2)C1. The Labute approximate surface area is 167 Å². The molecule has 4 rings (SSSR count). The van der Waals surface area contributed by atoms with Crippen LogP contribution in [-0.2, 0) is 17.8 Å². The van der Waals surface area contributed by atoms with Crippen molar-refractivity contribution in [2.75, 3.05) is 26.2 Å². The Morgan fingerprint density at radius 1 is 0.929 bits per heavy atom. The molecule has 28 heavy (non-hydrogen) atoms. The quantitative estimate of drug-likeness (QED) is 0.775. The van der Waals surface area contributed by atoms with E-state index in [2.05, 4.69) is 25.8 Å². The van der Waals surface area contributed by atoms with Crippen LogP contribution >= 0.6 is 0 Å². The third-order valence-electron chi connectivity index (χ3n) is 6.36. The van der Waals surface area contributed by atoms with Gasteiger partial charge in [0.1, 0.15) is 0 Å². The molecule has 5 nitrogen and oxygen atoms in total. The summed E-state index contributed by atoms with van der Waals surface area (Å²) in [6, 6.07) is 8.16.